The Morgan fingerprint density at radius 3 is 2.83 bits per heavy atom. The fraction of sp³-hybridized carbons (Fsp3) is 0.619. The highest BCUT2D eigenvalue weighted by atomic mass is 16.7. The van der Waals surface area contributed by atoms with Crippen LogP contribution < -0.4 is 4.74 Å². The molecule has 5 unspecified atom stereocenters. The molecule has 0 radical (unpaired) electrons. The van der Waals surface area contributed by atoms with Gasteiger partial charge >= 0.3 is 0 Å². The zero-order valence-corrected chi connectivity index (χ0v) is 15.0. The first-order chi connectivity index (χ1) is 11.7. The summed E-state index contributed by atoms with van der Waals surface area (Å²) in [6, 6.07) is 6.63. The van der Waals surface area contributed by atoms with Gasteiger partial charge < -0.3 is 14.2 Å². The Hall–Kier alpha value is -1.32. The smallest absolute Gasteiger partial charge is 0.188 e. The molecular formula is C21H28O3. The Bertz CT molecular complexity index is 638. The average molecular weight is 328 g/mol. The van der Waals surface area contributed by atoms with Gasteiger partial charge in [-0.2, -0.15) is 0 Å². The van der Waals surface area contributed by atoms with Crippen molar-refractivity contribution in [2.75, 3.05) is 21.0 Å². The molecule has 3 heteroatoms. The molecule has 0 saturated heterocycles. The van der Waals surface area contributed by atoms with E-state index in [9.17, 15) is 0 Å². The van der Waals surface area contributed by atoms with E-state index in [2.05, 4.69) is 37.3 Å². The summed E-state index contributed by atoms with van der Waals surface area (Å²) in [7, 11) is 3.51. The van der Waals surface area contributed by atoms with E-state index in [-0.39, 0.29) is 11.5 Å². The fourth-order valence-corrected chi connectivity index (χ4v) is 5.54. The van der Waals surface area contributed by atoms with Gasteiger partial charge in [0.25, 0.3) is 0 Å². The van der Waals surface area contributed by atoms with E-state index in [1.165, 1.54) is 24.8 Å². The van der Waals surface area contributed by atoms with E-state index in [1.54, 1.807) is 12.7 Å². The van der Waals surface area contributed by atoms with Crippen LogP contribution in [0.15, 0.2) is 30.4 Å². The van der Waals surface area contributed by atoms with Crippen molar-refractivity contribution in [2.24, 2.45) is 17.3 Å². The van der Waals surface area contributed by atoms with Crippen LogP contribution in [0.4, 0.5) is 0 Å². The van der Waals surface area contributed by atoms with E-state index in [4.69, 9.17) is 14.2 Å². The Balaban J connectivity index is 1.60. The van der Waals surface area contributed by atoms with Crippen LogP contribution in [0.1, 0.15) is 43.2 Å². The fourth-order valence-electron chi connectivity index (χ4n) is 5.54. The molecule has 1 saturated carbocycles. The van der Waals surface area contributed by atoms with Gasteiger partial charge in [-0.05, 0) is 66.7 Å². The Morgan fingerprint density at radius 1 is 1.17 bits per heavy atom. The molecule has 0 spiro atoms. The van der Waals surface area contributed by atoms with Gasteiger partial charge in [-0.15, -0.1) is 0 Å². The van der Waals surface area contributed by atoms with Crippen molar-refractivity contribution < 1.29 is 14.2 Å². The molecule has 24 heavy (non-hydrogen) atoms. The summed E-state index contributed by atoms with van der Waals surface area (Å²) in [4.78, 5) is 0. The van der Waals surface area contributed by atoms with Gasteiger partial charge in [0.15, 0.2) is 6.79 Å². The summed E-state index contributed by atoms with van der Waals surface area (Å²) < 4.78 is 16.4. The molecule has 0 aliphatic heterocycles. The Kier molecular flexibility index (Phi) is 4.17. The average Bonchev–Trinajstić information content (AvgIpc) is 2.95. The zero-order valence-electron chi connectivity index (χ0n) is 15.0. The van der Waals surface area contributed by atoms with Crippen LogP contribution in [0.3, 0.4) is 0 Å². The third-order valence-electron chi connectivity index (χ3n) is 6.74. The second kappa shape index (κ2) is 6.20. The second-order valence-corrected chi connectivity index (χ2v) is 7.83. The van der Waals surface area contributed by atoms with Crippen LogP contribution in [-0.2, 0) is 15.9 Å². The number of hydrogen-bond donors (Lipinski definition) is 0. The lowest BCUT2D eigenvalue weighted by molar-refractivity contribution is -0.0321. The maximum Gasteiger partial charge on any atom is 0.188 e. The first-order valence-corrected chi connectivity index (χ1v) is 9.13. The third kappa shape index (κ3) is 2.41. The molecular weight excluding hydrogens is 300 g/mol. The molecule has 1 aromatic carbocycles. The van der Waals surface area contributed by atoms with Crippen molar-refractivity contribution in [1.29, 1.82) is 0 Å². The van der Waals surface area contributed by atoms with Crippen molar-refractivity contribution in [1.82, 2.24) is 0 Å². The minimum absolute atomic E-state index is 0.287. The number of benzene rings is 1. The van der Waals surface area contributed by atoms with Gasteiger partial charge in [0.2, 0.25) is 0 Å². The Labute approximate surface area is 145 Å². The van der Waals surface area contributed by atoms with Gasteiger partial charge in [0, 0.05) is 19.6 Å². The van der Waals surface area contributed by atoms with E-state index in [0.717, 1.165) is 18.1 Å². The van der Waals surface area contributed by atoms with Crippen molar-refractivity contribution in [2.45, 2.75) is 44.6 Å². The van der Waals surface area contributed by atoms with Crippen molar-refractivity contribution in [3.8, 4) is 5.75 Å². The van der Waals surface area contributed by atoms with Gasteiger partial charge in [-0.25, -0.2) is 0 Å². The standard InChI is InChI=1S/C21H28O3/c1-21-11-10-17-16-7-5-15(24-13-22-2)12-14(16)4-6-18(17)19(21)8-9-20(21)23-3/h5,7-9,12,17-20H,4,6,10-11,13H2,1-3H3. The van der Waals surface area contributed by atoms with E-state index in [1.807, 2.05) is 7.11 Å². The molecule has 3 aliphatic carbocycles. The van der Waals surface area contributed by atoms with Gasteiger partial charge in [0.1, 0.15) is 5.75 Å². The predicted octanol–water partition coefficient (Wildman–Crippen LogP) is 4.32. The molecule has 1 aromatic rings. The molecule has 0 aromatic heterocycles. The summed E-state index contributed by atoms with van der Waals surface area (Å²) >= 11 is 0. The Morgan fingerprint density at radius 2 is 2.04 bits per heavy atom. The first kappa shape index (κ1) is 16.2. The second-order valence-electron chi connectivity index (χ2n) is 7.83. The van der Waals surface area contributed by atoms with Gasteiger partial charge in [0.05, 0.1) is 6.10 Å². The summed E-state index contributed by atoms with van der Waals surface area (Å²) in [5, 5.41) is 0. The lowest BCUT2D eigenvalue weighted by atomic mass is 9.55. The number of allylic oxidation sites excluding steroid dienone is 1. The number of methoxy groups -OCH3 is 2. The minimum atomic E-state index is 0.287. The molecule has 1 fully saturated rings. The largest absolute Gasteiger partial charge is 0.468 e. The molecule has 4 rings (SSSR count). The summed E-state index contributed by atoms with van der Waals surface area (Å²) in [6.45, 7) is 2.74. The number of rotatable bonds is 4. The molecule has 0 heterocycles. The normalized spacial score (nSPS) is 36.8. The maximum atomic E-state index is 5.77. The van der Waals surface area contributed by atoms with Gasteiger partial charge in [-0.1, -0.05) is 25.1 Å². The lowest BCUT2D eigenvalue weighted by Crippen LogP contribution is -2.45. The lowest BCUT2D eigenvalue weighted by Gasteiger charge is -2.50. The third-order valence-corrected chi connectivity index (χ3v) is 6.74. The molecule has 0 N–H and O–H groups in total. The topological polar surface area (TPSA) is 27.7 Å². The van der Waals surface area contributed by atoms with E-state index >= 15 is 0 Å². The van der Waals surface area contributed by atoms with Crippen LogP contribution in [-0.4, -0.2) is 27.1 Å². The molecule has 5 atom stereocenters. The summed E-state index contributed by atoms with van der Waals surface area (Å²) in [5.74, 6) is 3.01. The number of ether oxygens (including phenoxy) is 3. The minimum Gasteiger partial charge on any atom is -0.468 e. The van der Waals surface area contributed by atoms with Crippen LogP contribution in [0, 0.1) is 17.3 Å². The molecule has 3 nitrogen and oxygen atoms in total. The highest BCUT2D eigenvalue weighted by Crippen LogP contribution is 2.59. The van der Waals surface area contributed by atoms with Crippen LogP contribution >= 0.6 is 0 Å². The van der Waals surface area contributed by atoms with Crippen LogP contribution in [0.5, 0.6) is 5.75 Å². The molecule has 3 aliphatic rings. The van der Waals surface area contributed by atoms with Crippen LogP contribution in [0.25, 0.3) is 0 Å². The number of hydrogen-bond acceptors (Lipinski definition) is 3. The quantitative estimate of drug-likeness (QED) is 0.609. The van der Waals surface area contributed by atoms with E-state index < -0.39 is 0 Å². The zero-order chi connectivity index (χ0) is 16.7. The number of fused-ring (bicyclic) bond motifs is 5. The highest BCUT2D eigenvalue weighted by Gasteiger charge is 2.52. The van der Waals surface area contributed by atoms with E-state index in [0.29, 0.717) is 18.6 Å². The predicted molar refractivity (Wildman–Crippen MR) is 94.3 cm³/mol. The SMILES string of the molecule is COCOc1ccc2c(c1)CCC1C2CCC2(C)C(OC)C=CC12. The molecule has 0 amide bonds. The van der Waals surface area contributed by atoms with Crippen LogP contribution in [0.2, 0.25) is 0 Å². The van der Waals surface area contributed by atoms with Gasteiger partial charge in [-0.3, -0.25) is 0 Å². The molecule has 0 bridgehead atoms. The first-order valence-electron chi connectivity index (χ1n) is 9.13. The number of aryl methyl sites for hydroxylation is 1. The highest BCUT2D eigenvalue weighted by molar-refractivity contribution is 5.41. The summed E-state index contributed by atoms with van der Waals surface area (Å²) in [5.41, 5.74) is 3.31. The van der Waals surface area contributed by atoms with Crippen molar-refractivity contribution in [3.63, 3.8) is 0 Å². The van der Waals surface area contributed by atoms with Crippen molar-refractivity contribution >= 4 is 0 Å². The maximum absolute atomic E-state index is 5.77. The monoisotopic (exact) mass is 328 g/mol. The molecule has 130 valence electrons. The summed E-state index contributed by atoms with van der Waals surface area (Å²) in [6.07, 6.45) is 9.98. The van der Waals surface area contributed by atoms with Crippen molar-refractivity contribution in [3.05, 3.63) is 41.5 Å².